The van der Waals surface area contributed by atoms with E-state index in [0.717, 1.165) is 19.6 Å². The Labute approximate surface area is 67.3 Å². The Kier molecular flexibility index (Phi) is 3.98. The van der Waals surface area contributed by atoms with Crippen LogP contribution in [0.5, 0.6) is 0 Å². The molecule has 0 saturated carbocycles. The zero-order valence-electron chi connectivity index (χ0n) is 6.71. The molecule has 0 aliphatic carbocycles. The van der Waals surface area contributed by atoms with Gasteiger partial charge in [-0.15, -0.1) is 0 Å². The maximum absolute atomic E-state index is 9.68. The van der Waals surface area contributed by atoms with Crippen LogP contribution in [0, 0.1) is 0 Å². The average Bonchev–Trinajstić information content (AvgIpc) is 2.07. The first-order chi connectivity index (χ1) is 5.43. The third-order valence-corrected chi connectivity index (χ3v) is 2.02. The van der Waals surface area contributed by atoms with E-state index < -0.39 is 0 Å². The van der Waals surface area contributed by atoms with E-state index in [9.17, 15) is 4.79 Å². The predicted molar refractivity (Wildman–Crippen MR) is 41.9 cm³/mol. The van der Waals surface area contributed by atoms with Gasteiger partial charge in [0.25, 0.3) is 0 Å². The smallest absolute Gasteiger partial charge is 0.417 e. The zero-order valence-corrected chi connectivity index (χ0v) is 6.71. The number of likely N-dealkylation sites (tertiary alicyclic amines) is 1. The van der Waals surface area contributed by atoms with E-state index in [-0.39, 0.29) is 0 Å². The van der Waals surface area contributed by atoms with Crippen LogP contribution in [0.2, 0.25) is 0 Å². The molecule has 0 atom stereocenters. The molecule has 3 nitrogen and oxygen atoms in total. The van der Waals surface area contributed by atoms with Gasteiger partial charge in [0.1, 0.15) is 6.61 Å². The number of hydrogen-bond donors (Lipinski definition) is 0. The summed E-state index contributed by atoms with van der Waals surface area (Å²) in [5.74, 6) is 0. The van der Waals surface area contributed by atoms with Crippen LogP contribution in [0.3, 0.4) is 0 Å². The number of hydrogen-bond acceptors (Lipinski definition) is 3. The summed E-state index contributed by atoms with van der Waals surface area (Å²) >= 11 is 0. The minimum absolute atomic E-state index is 0.490. The first kappa shape index (κ1) is 8.53. The zero-order chi connectivity index (χ0) is 7.94. The number of nitrogens with zero attached hydrogens (tertiary/aromatic N) is 1. The molecule has 0 unspecified atom stereocenters. The van der Waals surface area contributed by atoms with E-state index in [1.54, 1.807) is 0 Å². The molecule has 0 aromatic rings. The van der Waals surface area contributed by atoms with Gasteiger partial charge < -0.3 is 4.74 Å². The maximum atomic E-state index is 9.68. The summed E-state index contributed by atoms with van der Waals surface area (Å²) in [6.45, 7) is 5.10. The van der Waals surface area contributed by atoms with Gasteiger partial charge >= 0.3 is 6.47 Å². The molecule has 1 rings (SSSR count). The van der Waals surface area contributed by atoms with Gasteiger partial charge in [-0.25, -0.2) is 4.79 Å². The summed E-state index contributed by atoms with van der Waals surface area (Å²) in [5, 5.41) is 0. The number of ether oxygens (including phenoxy) is 1. The lowest BCUT2D eigenvalue weighted by Gasteiger charge is -2.25. The molecule has 1 aliphatic rings. The lowest BCUT2D eigenvalue weighted by Crippen LogP contribution is -2.32. The largest absolute Gasteiger partial charge is 0.456 e. The number of piperidine rings is 1. The maximum Gasteiger partial charge on any atom is 0.417 e. The molecular weight excluding hydrogens is 142 g/mol. The summed E-state index contributed by atoms with van der Waals surface area (Å²) in [6.07, 6.45) is 3.91. The fourth-order valence-corrected chi connectivity index (χ4v) is 1.40. The van der Waals surface area contributed by atoms with Gasteiger partial charge in [0.2, 0.25) is 0 Å². The van der Waals surface area contributed by atoms with Crippen LogP contribution in [-0.2, 0) is 9.53 Å². The van der Waals surface area contributed by atoms with E-state index >= 15 is 0 Å². The van der Waals surface area contributed by atoms with Gasteiger partial charge in [-0.3, -0.25) is 4.90 Å². The second-order valence-electron chi connectivity index (χ2n) is 2.83. The van der Waals surface area contributed by atoms with Crippen LogP contribution in [0.25, 0.3) is 0 Å². The predicted octanol–water partition coefficient (Wildman–Crippen LogP) is 0.556. The third-order valence-electron chi connectivity index (χ3n) is 2.02. The topological polar surface area (TPSA) is 29.5 Å². The van der Waals surface area contributed by atoms with Crippen molar-refractivity contribution in [1.82, 2.24) is 4.90 Å². The van der Waals surface area contributed by atoms with Crippen molar-refractivity contribution in [1.29, 1.82) is 0 Å². The van der Waals surface area contributed by atoms with Gasteiger partial charge in [-0.1, -0.05) is 6.42 Å². The summed E-state index contributed by atoms with van der Waals surface area (Å²) in [7, 11) is 0. The molecular formula is C8H14NO2. The molecule has 0 aromatic carbocycles. The highest BCUT2D eigenvalue weighted by atomic mass is 16.5. The summed E-state index contributed by atoms with van der Waals surface area (Å²) in [4.78, 5) is 12.0. The van der Waals surface area contributed by atoms with Crippen molar-refractivity contribution in [2.45, 2.75) is 19.3 Å². The van der Waals surface area contributed by atoms with Crippen molar-refractivity contribution in [3.05, 3.63) is 0 Å². The Morgan fingerprint density at radius 3 is 2.64 bits per heavy atom. The van der Waals surface area contributed by atoms with Crippen LogP contribution in [0.1, 0.15) is 19.3 Å². The van der Waals surface area contributed by atoms with E-state index in [1.165, 1.54) is 25.7 Å². The Bertz CT molecular complexity index is 111. The normalized spacial score (nSPS) is 19.6. The molecule has 1 aliphatic heterocycles. The number of rotatable bonds is 4. The summed E-state index contributed by atoms with van der Waals surface area (Å²) in [5.41, 5.74) is 0. The summed E-state index contributed by atoms with van der Waals surface area (Å²) in [6, 6.07) is 0. The fourth-order valence-electron chi connectivity index (χ4n) is 1.40. The van der Waals surface area contributed by atoms with E-state index in [0.29, 0.717) is 6.61 Å². The Morgan fingerprint density at radius 1 is 1.27 bits per heavy atom. The highest BCUT2D eigenvalue weighted by molar-refractivity contribution is 5.38. The highest BCUT2D eigenvalue weighted by Crippen LogP contribution is 2.07. The molecule has 0 N–H and O–H groups in total. The van der Waals surface area contributed by atoms with Crippen LogP contribution in [-0.4, -0.2) is 37.6 Å². The molecule has 1 fully saturated rings. The van der Waals surface area contributed by atoms with E-state index in [1.807, 2.05) is 0 Å². The van der Waals surface area contributed by atoms with Gasteiger partial charge in [0.15, 0.2) is 0 Å². The van der Waals surface area contributed by atoms with Crippen molar-refractivity contribution < 1.29 is 9.53 Å². The fraction of sp³-hybridized carbons (Fsp3) is 0.875. The van der Waals surface area contributed by atoms with Crippen molar-refractivity contribution in [3.63, 3.8) is 0 Å². The molecule has 11 heavy (non-hydrogen) atoms. The van der Waals surface area contributed by atoms with Crippen molar-refractivity contribution in [2.75, 3.05) is 26.2 Å². The van der Waals surface area contributed by atoms with Crippen LogP contribution >= 0.6 is 0 Å². The molecule has 1 heterocycles. The first-order valence-corrected chi connectivity index (χ1v) is 4.15. The molecule has 63 valence electrons. The average molecular weight is 156 g/mol. The third kappa shape index (κ3) is 3.37. The summed E-state index contributed by atoms with van der Waals surface area (Å²) < 4.78 is 4.49. The minimum atomic E-state index is 0.490. The van der Waals surface area contributed by atoms with Gasteiger partial charge in [-0.2, -0.15) is 0 Å². The lowest BCUT2D eigenvalue weighted by molar-refractivity contribution is 0.174. The van der Waals surface area contributed by atoms with Crippen LogP contribution in [0.15, 0.2) is 0 Å². The number of carbonyl (C=O) groups excluding carboxylic acids is 1. The van der Waals surface area contributed by atoms with Crippen molar-refractivity contribution in [2.24, 2.45) is 0 Å². The first-order valence-electron chi connectivity index (χ1n) is 4.15. The highest BCUT2D eigenvalue weighted by Gasteiger charge is 2.08. The Morgan fingerprint density at radius 2 is 2.00 bits per heavy atom. The second-order valence-corrected chi connectivity index (χ2v) is 2.83. The molecule has 0 bridgehead atoms. The lowest BCUT2D eigenvalue weighted by atomic mass is 10.1. The molecule has 0 aromatic heterocycles. The van der Waals surface area contributed by atoms with Crippen LogP contribution in [0.4, 0.5) is 0 Å². The molecule has 0 amide bonds. The van der Waals surface area contributed by atoms with E-state index in [4.69, 9.17) is 0 Å². The molecule has 0 spiro atoms. The van der Waals surface area contributed by atoms with Gasteiger partial charge in [-0.05, 0) is 25.9 Å². The monoisotopic (exact) mass is 156 g/mol. The van der Waals surface area contributed by atoms with Crippen molar-refractivity contribution >= 4 is 6.47 Å². The Balaban J connectivity index is 2.00. The van der Waals surface area contributed by atoms with E-state index in [2.05, 4.69) is 9.64 Å². The van der Waals surface area contributed by atoms with Crippen LogP contribution < -0.4 is 0 Å². The molecule has 1 radical (unpaired) electrons. The van der Waals surface area contributed by atoms with Gasteiger partial charge in [0.05, 0.1) is 0 Å². The van der Waals surface area contributed by atoms with Gasteiger partial charge in [0, 0.05) is 6.54 Å². The molecule has 1 saturated heterocycles. The minimum Gasteiger partial charge on any atom is -0.456 e. The quantitative estimate of drug-likeness (QED) is 0.557. The second kappa shape index (κ2) is 5.13. The SMILES string of the molecule is O=[C]OCCN1CCCCC1. The van der Waals surface area contributed by atoms with Crippen molar-refractivity contribution in [3.8, 4) is 0 Å². The Hall–Kier alpha value is -0.570. The molecule has 3 heteroatoms. The standard InChI is InChI=1S/C8H14NO2/c10-8-11-7-6-9-4-2-1-3-5-9/h1-7H2.